The Morgan fingerprint density at radius 3 is 2.73 bits per heavy atom. The first-order valence-corrected chi connectivity index (χ1v) is 19.0. The van der Waals surface area contributed by atoms with Gasteiger partial charge in [0.2, 0.25) is 25.9 Å². The Labute approximate surface area is 301 Å². The van der Waals surface area contributed by atoms with Gasteiger partial charge in [-0.1, -0.05) is 40.9 Å². The number of carbonyl (C=O) groups is 2. The number of benzene rings is 1. The van der Waals surface area contributed by atoms with Crippen molar-refractivity contribution in [3.63, 3.8) is 0 Å². The number of hydrogen-bond donors (Lipinski definition) is 1. The van der Waals surface area contributed by atoms with Gasteiger partial charge >= 0.3 is 0 Å². The fourth-order valence-electron chi connectivity index (χ4n) is 9.67. The molecule has 5 heterocycles. The van der Waals surface area contributed by atoms with Crippen LogP contribution in [0.25, 0.3) is 4.83 Å². The van der Waals surface area contributed by atoms with Crippen LogP contribution in [0.2, 0.25) is 0 Å². The zero-order valence-electron chi connectivity index (χ0n) is 27.2. The largest absolute Gasteiger partial charge is 0.493 e. The molecule has 1 N–H and O–H groups in total. The van der Waals surface area contributed by atoms with Gasteiger partial charge in [0.15, 0.2) is 11.5 Å². The molecule has 8 atom stereocenters. The van der Waals surface area contributed by atoms with Gasteiger partial charge in [-0.15, -0.1) is 12.3 Å². The number of terminal acetylenes is 1. The lowest BCUT2D eigenvalue weighted by Crippen LogP contribution is -2.72. The van der Waals surface area contributed by atoms with Crippen LogP contribution in [-0.4, -0.2) is 93.4 Å². The molecule has 2 bridgehead atoms. The van der Waals surface area contributed by atoms with E-state index in [0.717, 1.165) is 23.2 Å². The number of alkyl halides is 3. The smallest absolute Gasteiger partial charge is 0.232 e. The molecule has 7 rings (SSSR count). The highest BCUT2D eigenvalue weighted by Crippen LogP contribution is 2.69. The molecule has 1 unspecified atom stereocenters. The van der Waals surface area contributed by atoms with Crippen LogP contribution in [0.3, 0.4) is 0 Å². The minimum atomic E-state index is -4.75. The highest BCUT2D eigenvalue weighted by molar-refractivity contribution is 7.89. The fourth-order valence-corrected chi connectivity index (χ4v) is 11.4. The molecule has 0 radical (unpaired) electrons. The van der Waals surface area contributed by atoms with Crippen LogP contribution in [0.15, 0.2) is 23.8 Å². The topological polar surface area (TPSA) is 135 Å². The number of unbranched alkanes of at least 4 members (excludes halogenated alkanes) is 2. The van der Waals surface area contributed by atoms with E-state index in [4.69, 9.17) is 59.6 Å². The van der Waals surface area contributed by atoms with Gasteiger partial charge < -0.3 is 33.9 Å². The molecule has 5 aliphatic heterocycles. The SMILES string of the molecule is C#CCCCCNC(=O)C[C@@H](OS(=O)(=O)[N-][N+]12CC[C@@]34c5cc(OC)c(OC)cc5N5C(=O)C[C@@H]6OCC=C(C1)[C@H](C[C@@H]32)[C@@H]6[C@H]54)C(Cl)(Cl)Cl. The number of fused-ring (bicyclic) bond motifs is 2. The third-order valence-electron chi connectivity index (χ3n) is 11.4. The minimum Gasteiger partial charge on any atom is -0.493 e. The third kappa shape index (κ3) is 5.71. The predicted octanol–water partition coefficient (Wildman–Crippen LogP) is 4.22. The first kappa shape index (κ1) is 35.1. The molecule has 4 fully saturated rings. The Morgan fingerprint density at radius 1 is 1.27 bits per heavy atom. The first-order valence-electron chi connectivity index (χ1n) is 16.5. The van der Waals surface area contributed by atoms with Gasteiger partial charge in [-0.25, -0.2) is 8.42 Å². The van der Waals surface area contributed by atoms with Crippen LogP contribution in [-0.2, 0) is 34.2 Å². The molecule has 49 heavy (non-hydrogen) atoms. The third-order valence-corrected chi connectivity index (χ3v) is 13.2. The van der Waals surface area contributed by atoms with E-state index < -0.39 is 37.9 Å². The summed E-state index contributed by atoms with van der Waals surface area (Å²) in [7, 11) is -1.64. The standard InChI is InChI=1S/C33H39Cl3N4O8S/c1-4-5-6-7-10-37-28(41)17-27(33(34,35)36)48-49(43,44)38-40-11-9-32-21-14-23(45-2)24(46-3)15-22(21)39-29(42)16-25-30(31(32)39)20(13-26(32)40)19(18-40)8-12-47-25/h1,8,14-15,20,25-27,30-31H,5-7,9-13,16-18H2,2-3H3,(H,37,41)/t20-,25-,26-,27+,30-,31-,32+,40?/m0/s1. The average molecular weight is 758 g/mol. The lowest BCUT2D eigenvalue weighted by molar-refractivity contribution is -0.903. The van der Waals surface area contributed by atoms with Gasteiger partial charge in [0, 0.05) is 37.8 Å². The van der Waals surface area contributed by atoms with Crippen LogP contribution in [0.5, 0.6) is 11.5 Å². The maximum Gasteiger partial charge on any atom is 0.232 e. The summed E-state index contributed by atoms with van der Waals surface area (Å²) in [6, 6.07) is 3.17. The summed E-state index contributed by atoms with van der Waals surface area (Å²) < 4.78 is 48.8. The van der Waals surface area contributed by atoms with Crippen molar-refractivity contribution in [3.8, 4) is 23.8 Å². The number of piperidine rings is 2. The molecule has 1 saturated carbocycles. The van der Waals surface area contributed by atoms with E-state index in [1.165, 1.54) is 0 Å². The number of anilines is 1. The number of nitrogens with zero attached hydrogens (tertiary/aromatic N) is 3. The second kappa shape index (κ2) is 12.7. The number of carbonyl (C=O) groups excluding carboxylic acids is 2. The van der Waals surface area contributed by atoms with Crippen molar-refractivity contribution < 1.29 is 41.0 Å². The monoisotopic (exact) mass is 756 g/mol. The molecule has 2 amide bonds. The van der Waals surface area contributed by atoms with Gasteiger partial charge in [-0.3, -0.25) is 13.8 Å². The van der Waals surface area contributed by atoms with E-state index in [1.54, 1.807) is 14.2 Å². The van der Waals surface area contributed by atoms with Gasteiger partial charge in [0.1, 0.15) is 6.10 Å². The Kier molecular flexibility index (Phi) is 9.13. The predicted molar refractivity (Wildman–Crippen MR) is 183 cm³/mol. The van der Waals surface area contributed by atoms with E-state index in [9.17, 15) is 18.0 Å². The fraction of sp³-hybridized carbons (Fsp3) is 0.636. The zero-order chi connectivity index (χ0) is 34.9. The van der Waals surface area contributed by atoms with Crippen LogP contribution in [0, 0.1) is 24.2 Å². The van der Waals surface area contributed by atoms with Crippen molar-refractivity contribution in [3.05, 3.63) is 34.2 Å². The van der Waals surface area contributed by atoms with Crippen LogP contribution in [0.4, 0.5) is 5.69 Å². The number of rotatable bonds is 12. The summed E-state index contributed by atoms with van der Waals surface area (Å²) in [4.78, 5) is 33.1. The van der Waals surface area contributed by atoms with Gasteiger partial charge in [-0.05, 0) is 36.0 Å². The van der Waals surface area contributed by atoms with Crippen molar-refractivity contribution in [2.24, 2.45) is 11.8 Å². The molecular weight excluding hydrogens is 719 g/mol. The number of hydrogen-bond acceptors (Lipinski definition) is 8. The van der Waals surface area contributed by atoms with E-state index >= 15 is 0 Å². The van der Waals surface area contributed by atoms with Crippen LogP contribution < -0.4 is 19.7 Å². The van der Waals surface area contributed by atoms with Crippen LogP contribution >= 0.6 is 34.8 Å². The van der Waals surface area contributed by atoms with Gasteiger partial charge in [0.05, 0.1) is 76.0 Å². The van der Waals surface area contributed by atoms with Gasteiger partial charge in [0.25, 0.3) is 0 Å². The minimum absolute atomic E-state index is 0.0130. The summed E-state index contributed by atoms with van der Waals surface area (Å²) >= 11 is 18.6. The maximum absolute atomic E-state index is 14.0. The van der Waals surface area contributed by atoms with E-state index in [2.05, 4.69) is 16.1 Å². The zero-order valence-corrected chi connectivity index (χ0v) is 30.3. The number of nitrogens with one attached hydrogen (secondary N) is 1. The molecule has 6 aliphatic rings. The number of ether oxygens (including phenoxy) is 3. The van der Waals surface area contributed by atoms with E-state index in [-0.39, 0.29) is 46.9 Å². The summed E-state index contributed by atoms with van der Waals surface area (Å²) in [5.41, 5.74) is 2.06. The second-order valence-electron chi connectivity index (χ2n) is 13.7. The summed E-state index contributed by atoms with van der Waals surface area (Å²) in [5, 5.41) is 2.70. The molecule has 16 heteroatoms. The maximum atomic E-state index is 14.0. The van der Waals surface area contributed by atoms with Crippen molar-refractivity contribution in [2.75, 3.05) is 45.4 Å². The number of methoxy groups -OCH3 is 2. The second-order valence-corrected chi connectivity index (χ2v) is 17.3. The number of amides is 2. The first-order chi connectivity index (χ1) is 23.3. The van der Waals surface area contributed by atoms with E-state index in [0.29, 0.717) is 63.4 Å². The Balaban J connectivity index is 1.24. The number of halogens is 3. The highest BCUT2D eigenvalue weighted by atomic mass is 35.6. The van der Waals surface area contributed by atoms with Crippen molar-refractivity contribution in [2.45, 2.75) is 78.4 Å². The quantitative estimate of drug-likeness (QED) is 0.110. The molecule has 0 aromatic heterocycles. The summed E-state index contributed by atoms with van der Waals surface area (Å²) in [6.45, 7) is 1.33. The van der Waals surface area contributed by atoms with Crippen LogP contribution in [0.1, 0.15) is 50.5 Å². The molecule has 1 spiro atoms. The molecule has 12 nitrogen and oxygen atoms in total. The average Bonchev–Trinajstić information content (AvgIpc) is 3.46. The lowest BCUT2D eigenvalue weighted by atomic mass is 9.53. The van der Waals surface area contributed by atoms with Crippen molar-refractivity contribution in [1.82, 2.24) is 5.32 Å². The molecule has 266 valence electrons. The Hall–Kier alpha value is -2.28. The summed E-state index contributed by atoms with van der Waals surface area (Å²) in [6.07, 6.45) is 8.27. The lowest BCUT2D eigenvalue weighted by Gasteiger charge is -2.63. The van der Waals surface area contributed by atoms with E-state index in [1.807, 2.05) is 23.1 Å². The Morgan fingerprint density at radius 2 is 2.02 bits per heavy atom. The Bertz CT molecular complexity index is 1730. The summed E-state index contributed by atoms with van der Waals surface area (Å²) in [5.74, 6) is 3.07. The number of quaternary nitrogens is 1. The van der Waals surface area contributed by atoms with Crippen molar-refractivity contribution in [1.29, 1.82) is 0 Å². The molecule has 1 aromatic rings. The highest BCUT2D eigenvalue weighted by Gasteiger charge is 2.75. The molecule has 1 aromatic carbocycles. The normalized spacial score (nSPS) is 32.8. The molecule has 1 aliphatic carbocycles. The molecule has 3 saturated heterocycles. The van der Waals surface area contributed by atoms with Crippen molar-refractivity contribution >= 4 is 62.6 Å². The van der Waals surface area contributed by atoms with Gasteiger partial charge in [-0.2, -0.15) is 0 Å². The molecular formula is C33H39Cl3N4O8S.